The number of amides is 2. The number of anilines is 1. The van der Waals surface area contributed by atoms with Crippen molar-refractivity contribution >= 4 is 11.7 Å². The van der Waals surface area contributed by atoms with Crippen LogP contribution in [0.4, 0.5) is 10.5 Å². The zero-order valence-corrected chi connectivity index (χ0v) is 15.4. The Kier molecular flexibility index (Phi) is 6.60. The molecule has 0 radical (unpaired) electrons. The van der Waals surface area contributed by atoms with Gasteiger partial charge in [-0.3, -0.25) is 4.68 Å². The Labute approximate surface area is 159 Å². The van der Waals surface area contributed by atoms with Crippen LogP contribution in [0.3, 0.4) is 0 Å². The van der Waals surface area contributed by atoms with Crippen LogP contribution in [0, 0.1) is 0 Å². The fraction of sp³-hybridized carbons (Fsp3) is 0.238. The van der Waals surface area contributed by atoms with Crippen LogP contribution < -0.4 is 10.6 Å². The number of urea groups is 1. The molecule has 2 N–H and O–H groups in total. The van der Waals surface area contributed by atoms with E-state index in [1.165, 1.54) is 0 Å². The van der Waals surface area contributed by atoms with Crippen LogP contribution in [0.2, 0.25) is 0 Å². The molecular weight excluding hydrogens is 340 g/mol. The van der Waals surface area contributed by atoms with E-state index in [-0.39, 0.29) is 6.03 Å². The summed E-state index contributed by atoms with van der Waals surface area (Å²) in [4.78, 5) is 12.3. The number of carbonyl (C=O) groups excluding carboxylic acids is 1. The van der Waals surface area contributed by atoms with Gasteiger partial charge in [0.05, 0.1) is 13.2 Å². The van der Waals surface area contributed by atoms with Gasteiger partial charge in [0.1, 0.15) is 0 Å². The molecule has 6 heteroatoms. The average molecular weight is 364 g/mol. The zero-order chi connectivity index (χ0) is 18.9. The molecule has 0 aliphatic heterocycles. The lowest BCUT2D eigenvalue weighted by molar-refractivity contribution is 0.134. The molecule has 1 aromatic heterocycles. The van der Waals surface area contributed by atoms with E-state index in [4.69, 9.17) is 4.74 Å². The SMILES string of the molecule is CCOCc1ccccc1NC(=O)NCc1cccc(Cn2cccn2)c1. The number of rotatable bonds is 8. The first kappa shape index (κ1) is 18.7. The molecule has 0 unspecified atom stereocenters. The summed E-state index contributed by atoms with van der Waals surface area (Å²) >= 11 is 0. The van der Waals surface area contributed by atoms with Crippen molar-refractivity contribution in [2.45, 2.75) is 26.6 Å². The minimum absolute atomic E-state index is 0.239. The summed E-state index contributed by atoms with van der Waals surface area (Å²) in [6.45, 7) is 4.21. The van der Waals surface area contributed by atoms with Gasteiger partial charge in [0.25, 0.3) is 0 Å². The Morgan fingerprint density at radius 2 is 1.96 bits per heavy atom. The summed E-state index contributed by atoms with van der Waals surface area (Å²) in [5.41, 5.74) is 3.89. The Hall–Kier alpha value is -3.12. The van der Waals surface area contributed by atoms with Gasteiger partial charge in [-0.05, 0) is 30.2 Å². The monoisotopic (exact) mass is 364 g/mol. The van der Waals surface area contributed by atoms with E-state index in [2.05, 4.69) is 27.9 Å². The van der Waals surface area contributed by atoms with Crippen LogP contribution in [-0.2, 0) is 24.4 Å². The second-order valence-corrected chi connectivity index (χ2v) is 6.13. The van der Waals surface area contributed by atoms with Crippen molar-refractivity contribution in [2.24, 2.45) is 0 Å². The first-order valence-electron chi connectivity index (χ1n) is 9.00. The maximum absolute atomic E-state index is 12.3. The lowest BCUT2D eigenvalue weighted by Gasteiger charge is -2.12. The third kappa shape index (κ3) is 5.69. The number of nitrogens with one attached hydrogen (secondary N) is 2. The van der Waals surface area contributed by atoms with E-state index in [1.54, 1.807) is 6.20 Å². The molecule has 2 amide bonds. The zero-order valence-electron chi connectivity index (χ0n) is 15.4. The number of carbonyl (C=O) groups is 1. The van der Waals surface area contributed by atoms with Gasteiger partial charge >= 0.3 is 6.03 Å². The van der Waals surface area contributed by atoms with E-state index in [1.807, 2.05) is 60.3 Å². The molecule has 140 valence electrons. The molecule has 0 aliphatic carbocycles. The topological polar surface area (TPSA) is 68.2 Å². The van der Waals surface area contributed by atoms with Crippen molar-refractivity contribution in [3.8, 4) is 0 Å². The summed E-state index contributed by atoms with van der Waals surface area (Å²) in [5.74, 6) is 0. The number of hydrogen-bond acceptors (Lipinski definition) is 3. The summed E-state index contributed by atoms with van der Waals surface area (Å²) in [6.07, 6.45) is 3.69. The number of aromatic nitrogens is 2. The van der Waals surface area contributed by atoms with Crippen LogP contribution in [0.25, 0.3) is 0 Å². The molecule has 3 rings (SSSR count). The Bertz CT molecular complexity index is 862. The molecule has 6 nitrogen and oxygen atoms in total. The summed E-state index contributed by atoms with van der Waals surface area (Å²) in [7, 11) is 0. The van der Waals surface area contributed by atoms with Gasteiger partial charge in [0.2, 0.25) is 0 Å². The predicted molar refractivity (Wildman–Crippen MR) is 105 cm³/mol. The van der Waals surface area contributed by atoms with Crippen LogP contribution >= 0.6 is 0 Å². The second kappa shape index (κ2) is 9.54. The van der Waals surface area contributed by atoms with E-state index in [9.17, 15) is 4.79 Å². The van der Waals surface area contributed by atoms with Crippen molar-refractivity contribution in [2.75, 3.05) is 11.9 Å². The fourth-order valence-corrected chi connectivity index (χ4v) is 2.75. The molecule has 3 aromatic rings. The molecule has 0 bridgehead atoms. The Balaban J connectivity index is 1.55. The van der Waals surface area contributed by atoms with Crippen molar-refractivity contribution in [1.29, 1.82) is 0 Å². The van der Waals surface area contributed by atoms with Crippen LogP contribution in [0.15, 0.2) is 67.0 Å². The smallest absolute Gasteiger partial charge is 0.319 e. The van der Waals surface area contributed by atoms with E-state index >= 15 is 0 Å². The highest BCUT2D eigenvalue weighted by Crippen LogP contribution is 2.16. The van der Waals surface area contributed by atoms with Gasteiger partial charge in [-0.15, -0.1) is 0 Å². The van der Waals surface area contributed by atoms with Gasteiger partial charge in [-0.25, -0.2) is 4.79 Å². The highest BCUT2D eigenvalue weighted by molar-refractivity contribution is 5.90. The van der Waals surface area contributed by atoms with Gasteiger partial charge < -0.3 is 15.4 Å². The quantitative estimate of drug-likeness (QED) is 0.639. The minimum Gasteiger partial charge on any atom is -0.377 e. The van der Waals surface area contributed by atoms with Crippen LogP contribution in [-0.4, -0.2) is 22.4 Å². The van der Waals surface area contributed by atoms with Crippen molar-refractivity contribution in [1.82, 2.24) is 15.1 Å². The number of benzene rings is 2. The molecule has 0 spiro atoms. The van der Waals surface area contributed by atoms with Gasteiger partial charge in [-0.2, -0.15) is 5.10 Å². The number of nitrogens with zero attached hydrogens (tertiary/aromatic N) is 2. The third-order valence-electron chi connectivity index (χ3n) is 4.08. The number of ether oxygens (including phenoxy) is 1. The molecule has 0 fully saturated rings. The van der Waals surface area contributed by atoms with Gasteiger partial charge in [-0.1, -0.05) is 42.5 Å². The van der Waals surface area contributed by atoms with Crippen molar-refractivity contribution in [3.05, 3.63) is 83.7 Å². The largest absolute Gasteiger partial charge is 0.377 e. The molecule has 27 heavy (non-hydrogen) atoms. The molecule has 0 saturated carbocycles. The molecule has 0 saturated heterocycles. The van der Waals surface area contributed by atoms with Crippen molar-refractivity contribution in [3.63, 3.8) is 0 Å². The van der Waals surface area contributed by atoms with E-state index < -0.39 is 0 Å². The molecule has 0 atom stereocenters. The Morgan fingerprint density at radius 1 is 1.11 bits per heavy atom. The highest BCUT2D eigenvalue weighted by atomic mass is 16.5. The first-order chi connectivity index (χ1) is 13.2. The lowest BCUT2D eigenvalue weighted by atomic mass is 10.1. The molecule has 1 heterocycles. The number of hydrogen-bond donors (Lipinski definition) is 2. The highest BCUT2D eigenvalue weighted by Gasteiger charge is 2.07. The normalized spacial score (nSPS) is 10.6. The summed E-state index contributed by atoms with van der Waals surface area (Å²) < 4.78 is 7.32. The summed E-state index contributed by atoms with van der Waals surface area (Å²) in [5, 5.41) is 10.0. The standard InChI is InChI=1S/C21H24N4O2/c1-2-27-16-19-9-3-4-10-20(19)24-21(26)22-14-17-7-5-8-18(13-17)15-25-12-6-11-23-25/h3-13H,2,14-16H2,1H3,(H2,22,24,26). The first-order valence-corrected chi connectivity index (χ1v) is 9.00. The lowest BCUT2D eigenvalue weighted by Crippen LogP contribution is -2.28. The third-order valence-corrected chi connectivity index (χ3v) is 4.08. The van der Waals surface area contributed by atoms with Crippen LogP contribution in [0.5, 0.6) is 0 Å². The number of para-hydroxylation sites is 1. The molecule has 0 aliphatic rings. The maximum atomic E-state index is 12.3. The fourth-order valence-electron chi connectivity index (χ4n) is 2.75. The second-order valence-electron chi connectivity index (χ2n) is 6.13. The van der Waals surface area contributed by atoms with Gasteiger partial charge in [0.15, 0.2) is 0 Å². The molecular formula is C21H24N4O2. The predicted octanol–water partition coefficient (Wildman–Crippen LogP) is 3.79. The summed E-state index contributed by atoms with van der Waals surface area (Å²) in [6, 6.07) is 17.4. The van der Waals surface area contributed by atoms with Crippen LogP contribution in [0.1, 0.15) is 23.6 Å². The average Bonchev–Trinajstić information content (AvgIpc) is 3.19. The van der Waals surface area contributed by atoms with E-state index in [0.717, 1.165) is 22.4 Å². The Morgan fingerprint density at radius 3 is 2.78 bits per heavy atom. The van der Waals surface area contributed by atoms with E-state index in [0.29, 0.717) is 26.3 Å². The van der Waals surface area contributed by atoms with Crippen molar-refractivity contribution < 1.29 is 9.53 Å². The van der Waals surface area contributed by atoms with Gasteiger partial charge in [0, 0.05) is 36.8 Å². The molecule has 2 aromatic carbocycles. The minimum atomic E-state index is -0.239. The maximum Gasteiger partial charge on any atom is 0.319 e.